The predicted molar refractivity (Wildman–Crippen MR) is 314 cm³/mol. The summed E-state index contributed by atoms with van der Waals surface area (Å²) in [6.07, 6.45) is -6.75. The molecule has 2 atom stereocenters. The highest BCUT2D eigenvalue weighted by Gasteiger charge is 2.37. The molecular formula is C57H69BrF6N14O9. The van der Waals surface area contributed by atoms with Crippen molar-refractivity contribution >= 4 is 79.8 Å². The number of anilines is 4. The number of halogens is 7. The van der Waals surface area contributed by atoms with Crippen LogP contribution < -0.4 is 31.6 Å². The summed E-state index contributed by atoms with van der Waals surface area (Å²) < 4.78 is 100. The van der Waals surface area contributed by atoms with Gasteiger partial charge >= 0.3 is 24.5 Å². The number of hydrogen-bond acceptors (Lipinski definition) is 15. The summed E-state index contributed by atoms with van der Waals surface area (Å²) in [4.78, 5) is 95.8. The van der Waals surface area contributed by atoms with Crippen LogP contribution in [0.3, 0.4) is 0 Å². The second-order valence-electron chi connectivity index (χ2n) is 23.1. The molecule has 0 unspecified atom stereocenters. The summed E-state index contributed by atoms with van der Waals surface area (Å²) in [6, 6.07) is 7.71. The third-order valence-electron chi connectivity index (χ3n) is 14.3. The van der Waals surface area contributed by atoms with E-state index in [9.17, 15) is 55.1 Å². The SMILES string of the molecule is CCc1c(N2CCN(C(=O)OC(C)(C)C)[C@H](C)C2)c(=O)n2nc(Br)nc2n1CC(=O)Nc1ccc(C(F)(F)F)cc1.CCc1c(N2CCN(C(=O)OC(C)(C)C)[C@H](C)C2)c(=O)n2nc(C3=CCOCC3)nc2n1CC(=O)Nc1ccc(C(F)(F)F)cc1. The number of nitrogens with zero attached hydrogens (tertiary/aromatic N) is 12. The van der Waals surface area contributed by atoms with Crippen molar-refractivity contribution in [1.82, 2.24) is 48.1 Å². The predicted octanol–water partition coefficient (Wildman–Crippen LogP) is 8.68. The maximum Gasteiger partial charge on any atom is 0.416 e. The summed E-state index contributed by atoms with van der Waals surface area (Å²) >= 11 is 3.20. The minimum absolute atomic E-state index is 0.130. The van der Waals surface area contributed by atoms with Crippen molar-refractivity contribution in [1.29, 1.82) is 0 Å². The third-order valence-corrected chi connectivity index (χ3v) is 14.6. The first-order valence-corrected chi connectivity index (χ1v) is 28.9. The first kappa shape index (κ1) is 65.0. The van der Waals surface area contributed by atoms with Gasteiger partial charge in [0.05, 0.1) is 35.7 Å². The number of carbonyl (C=O) groups is 4. The first-order valence-electron chi connectivity index (χ1n) is 28.2. The van der Waals surface area contributed by atoms with Crippen LogP contribution in [0.15, 0.2) is 68.9 Å². The zero-order valence-electron chi connectivity index (χ0n) is 49.7. The maximum absolute atomic E-state index is 14.1. The number of ether oxygens (including phenoxy) is 3. The van der Waals surface area contributed by atoms with Crippen LogP contribution in [0.5, 0.6) is 0 Å². The number of aromatic nitrogens is 8. The fraction of sp³-hybridized carbons (Fsp3) is 0.509. The summed E-state index contributed by atoms with van der Waals surface area (Å²) in [5.41, 5.74) is -0.867. The smallest absolute Gasteiger partial charge is 0.416 e. The largest absolute Gasteiger partial charge is 0.444 e. The standard InChI is InChI=1S/C31H38F3N7O5.C26H31BrF3N7O4/c1-6-23-25(38-13-14-39(19(2)17-38)29(44)46-30(3,4)5)27(43)41-28(36-26(37-41)20-11-15-45-16-12-20)40(23)18-24(42)35-22-9-7-21(8-10-22)31(32,33)34;1-6-18-20(34-11-12-35(15(2)13-34)24(40)41-25(3,4)5)21(39)37-23(32-22(27)33-37)36(18)14-19(38)31-17-9-7-16(8-10-17)26(28,29)30/h7-11,19H,6,12-18H2,1-5H3,(H,35,42);7-10,15H,6,11-14H2,1-5H3,(H,31,38)/t19-;15-/m11/s1. The number of carbonyl (C=O) groups excluding carboxylic acids is 4. The van der Waals surface area contributed by atoms with Gasteiger partial charge in [0.1, 0.15) is 35.7 Å². The Kier molecular flexibility index (Phi) is 19.2. The normalized spacial score (nSPS) is 17.0. The molecule has 2 fully saturated rings. The molecule has 7 heterocycles. The number of fused-ring (bicyclic) bond motifs is 2. The molecule has 9 rings (SSSR count). The van der Waals surface area contributed by atoms with E-state index in [0.29, 0.717) is 100 Å². The molecular weight excluding hydrogens is 1220 g/mol. The lowest BCUT2D eigenvalue weighted by atomic mass is 10.1. The number of benzene rings is 2. The fourth-order valence-electron chi connectivity index (χ4n) is 10.4. The Morgan fingerprint density at radius 1 is 0.632 bits per heavy atom. The number of nitrogens with one attached hydrogen (secondary N) is 2. The molecule has 2 N–H and O–H groups in total. The Morgan fingerprint density at radius 2 is 1.05 bits per heavy atom. The van der Waals surface area contributed by atoms with Crippen LogP contribution in [0.25, 0.3) is 17.1 Å². The molecule has 3 aliphatic heterocycles. The lowest BCUT2D eigenvalue weighted by Gasteiger charge is -2.41. The van der Waals surface area contributed by atoms with Crippen molar-refractivity contribution < 1.29 is 59.7 Å². The van der Waals surface area contributed by atoms with Gasteiger partial charge < -0.3 is 53.6 Å². The topological polar surface area (TPSA) is 237 Å². The average Bonchev–Trinajstić information content (AvgIpc) is 2.27. The van der Waals surface area contributed by atoms with Gasteiger partial charge in [0.15, 0.2) is 5.82 Å². The molecule has 3 aliphatic rings. The van der Waals surface area contributed by atoms with E-state index in [2.05, 4.69) is 46.7 Å². The van der Waals surface area contributed by atoms with Gasteiger partial charge in [-0.25, -0.2) is 9.59 Å². The molecule has 30 heteroatoms. The van der Waals surface area contributed by atoms with Crippen LogP contribution in [-0.4, -0.2) is 148 Å². The van der Waals surface area contributed by atoms with E-state index in [1.54, 1.807) is 60.5 Å². The Hall–Kier alpha value is -8.02. The second-order valence-corrected chi connectivity index (χ2v) is 23.8. The molecule has 2 saturated heterocycles. The summed E-state index contributed by atoms with van der Waals surface area (Å²) in [7, 11) is 0. The van der Waals surface area contributed by atoms with Gasteiger partial charge in [0, 0.05) is 62.7 Å². The second kappa shape index (κ2) is 25.7. The molecule has 0 bridgehead atoms. The Bertz CT molecular complexity index is 3700. The number of alkyl halides is 6. The number of amides is 4. The van der Waals surface area contributed by atoms with Crippen LogP contribution >= 0.6 is 15.9 Å². The van der Waals surface area contributed by atoms with Gasteiger partial charge in [-0.05, 0) is 145 Å². The van der Waals surface area contributed by atoms with Crippen LogP contribution in [-0.2, 0) is 62.1 Å². The first-order chi connectivity index (χ1) is 40.7. The molecule has 0 aliphatic carbocycles. The summed E-state index contributed by atoms with van der Waals surface area (Å²) in [5, 5.41) is 14.0. The lowest BCUT2D eigenvalue weighted by molar-refractivity contribution is -0.138. The van der Waals surface area contributed by atoms with Crippen molar-refractivity contribution in [3.63, 3.8) is 0 Å². The van der Waals surface area contributed by atoms with Crippen LogP contribution in [0.4, 0.5) is 58.7 Å². The van der Waals surface area contributed by atoms with E-state index in [-0.39, 0.29) is 52.8 Å². The highest BCUT2D eigenvalue weighted by molar-refractivity contribution is 9.10. The maximum atomic E-state index is 14.1. The number of hydrogen-bond donors (Lipinski definition) is 2. The van der Waals surface area contributed by atoms with E-state index in [1.165, 1.54) is 28.8 Å². The Labute approximate surface area is 504 Å². The van der Waals surface area contributed by atoms with E-state index < -0.39 is 69.8 Å². The number of piperazine rings is 2. The van der Waals surface area contributed by atoms with Gasteiger partial charge in [-0.3, -0.25) is 19.2 Å². The highest BCUT2D eigenvalue weighted by atomic mass is 79.9. The number of rotatable bonds is 11. The van der Waals surface area contributed by atoms with E-state index in [1.807, 2.05) is 43.6 Å². The van der Waals surface area contributed by atoms with Crippen molar-refractivity contribution in [2.24, 2.45) is 0 Å². The fourth-order valence-corrected chi connectivity index (χ4v) is 10.7. The summed E-state index contributed by atoms with van der Waals surface area (Å²) in [6.45, 7) is 20.5. The quantitative estimate of drug-likeness (QED) is 0.115. The summed E-state index contributed by atoms with van der Waals surface area (Å²) in [5.74, 6) is -0.414. The molecule has 2 aromatic carbocycles. The van der Waals surface area contributed by atoms with Gasteiger partial charge in [0.25, 0.3) is 11.1 Å². The molecule has 87 heavy (non-hydrogen) atoms. The van der Waals surface area contributed by atoms with Crippen molar-refractivity contribution in [2.45, 2.75) is 137 Å². The Morgan fingerprint density at radius 3 is 1.41 bits per heavy atom. The molecule has 4 amide bonds. The lowest BCUT2D eigenvalue weighted by Crippen LogP contribution is -2.56. The minimum atomic E-state index is -4.50. The van der Waals surface area contributed by atoms with E-state index >= 15 is 0 Å². The molecule has 4 aromatic heterocycles. The van der Waals surface area contributed by atoms with Crippen LogP contribution in [0.2, 0.25) is 0 Å². The van der Waals surface area contributed by atoms with Crippen molar-refractivity contribution in [3.05, 3.63) is 108 Å². The third kappa shape index (κ3) is 15.2. The molecule has 0 saturated carbocycles. The van der Waals surface area contributed by atoms with Gasteiger partial charge in [-0.15, -0.1) is 10.2 Å². The van der Waals surface area contributed by atoms with Crippen LogP contribution in [0, 0.1) is 0 Å². The Balaban J connectivity index is 0.000000227. The van der Waals surface area contributed by atoms with Crippen molar-refractivity contribution in [3.8, 4) is 0 Å². The van der Waals surface area contributed by atoms with Crippen molar-refractivity contribution in [2.75, 3.05) is 72.9 Å². The molecule has 470 valence electrons. The van der Waals surface area contributed by atoms with Gasteiger partial charge in [-0.1, -0.05) is 19.9 Å². The molecule has 0 radical (unpaired) electrons. The van der Waals surface area contributed by atoms with E-state index in [0.717, 1.165) is 34.4 Å². The molecule has 0 spiro atoms. The van der Waals surface area contributed by atoms with Crippen LogP contribution in [0.1, 0.15) is 104 Å². The molecule has 6 aromatic rings. The van der Waals surface area contributed by atoms with Gasteiger partial charge in [-0.2, -0.15) is 45.3 Å². The van der Waals surface area contributed by atoms with E-state index in [4.69, 9.17) is 14.2 Å². The minimum Gasteiger partial charge on any atom is -0.444 e. The van der Waals surface area contributed by atoms with Gasteiger partial charge in [0.2, 0.25) is 28.1 Å². The average molecular weight is 1290 g/mol. The zero-order valence-corrected chi connectivity index (χ0v) is 51.3. The zero-order chi connectivity index (χ0) is 63.7. The molecule has 23 nitrogen and oxygen atoms in total. The highest BCUT2D eigenvalue weighted by Crippen LogP contribution is 2.33. The monoisotopic (exact) mass is 1290 g/mol.